The second-order valence-corrected chi connectivity index (χ2v) is 3.76. The number of hydrogen-bond donors (Lipinski definition) is 1. The van der Waals surface area contributed by atoms with E-state index in [1.54, 1.807) is 6.07 Å². The van der Waals surface area contributed by atoms with Crippen LogP contribution in [0, 0.1) is 0 Å². The number of para-hydroxylation sites is 1. The van der Waals surface area contributed by atoms with Crippen molar-refractivity contribution in [2.45, 2.75) is 6.42 Å². The molecule has 1 N–H and O–H groups in total. The quantitative estimate of drug-likeness (QED) is 0.712. The zero-order chi connectivity index (χ0) is 10.1. The Bertz CT molecular complexity index is 378. The Labute approximate surface area is 87.7 Å². The Morgan fingerprint density at radius 2 is 2.29 bits per heavy atom. The van der Waals surface area contributed by atoms with Crippen LogP contribution in [0.2, 0.25) is 5.02 Å². The van der Waals surface area contributed by atoms with Crippen molar-refractivity contribution in [3.63, 3.8) is 0 Å². The van der Waals surface area contributed by atoms with E-state index in [-0.39, 0.29) is 5.91 Å². The number of carbonyl (C=O) groups is 1. The molecule has 0 bridgehead atoms. The van der Waals surface area contributed by atoms with E-state index in [1.807, 2.05) is 24.1 Å². The van der Waals surface area contributed by atoms with Gasteiger partial charge in [0, 0.05) is 20.0 Å². The molecule has 1 aliphatic rings. The largest absolute Gasteiger partial charge is 0.372 e. The summed E-state index contributed by atoms with van der Waals surface area (Å²) < 4.78 is 0. The first-order chi connectivity index (χ1) is 6.68. The van der Waals surface area contributed by atoms with E-state index in [4.69, 9.17) is 11.6 Å². The van der Waals surface area contributed by atoms with Gasteiger partial charge in [-0.2, -0.15) is 0 Å². The lowest BCUT2D eigenvalue weighted by Crippen LogP contribution is -2.18. The number of amides is 1. The molecule has 0 aliphatic carbocycles. The van der Waals surface area contributed by atoms with Gasteiger partial charge in [0.25, 0.3) is 0 Å². The summed E-state index contributed by atoms with van der Waals surface area (Å²) in [5.41, 5.74) is 1.70. The SMILES string of the molecule is CN1CCC(=O)Nc2c(Cl)cccc21. The van der Waals surface area contributed by atoms with E-state index in [1.165, 1.54) is 0 Å². The van der Waals surface area contributed by atoms with E-state index in [0.29, 0.717) is 11.4 Å². The molecule has 0 atom stereocenters. The number of hydrogen-bond acceptors (Lipinski definition) is 2. The Morgan fingerprint density at radius 3 is 3.07 bits per heavy atom. The van der Waals surface area contributed by atoms with Gasteiger partial charge >= 0.3 is 0 Å². The summed E-state index contributed by atoms with van der Waals surface area (Å²) in [4.78, 5) is 13.4. The van der Waals surface area contributed by atoms with Crippen LogP contribution in [0.15, 0.2) is 18.2 Å². The van der Waals surface area contributed by atoms with E-state index >= 15 is 0 Å². The minimum Gasteiger partial charge on any atom is -0.372 e. The molecule has 1 aliphatic heterocycles. The van der Waals surface area contributed by atoms with Crippen LogP contribution in [0.3, 0.4) is 0 Å². The lowest BCUT2D eigenvalue weighted by Gasteiger charge is -2.18. The molecule has 0 fully saturated rings. The maximum absolute atomic E-state index is 11.3. The van der Waals surface area contributed by atoms with Gasteiger partial charge in [-0.25, -0.2) is 0 Å². The molecule has 0 aromatic heterocycles. The number of benzene rings is 1. The molecule has 0 saturated heterocycles. The predicted molar refractivity (Wildman–Crippen MR) is 58.0 cm³/mol. The number of anilines is 2. The van der Waals surface area contributed by atoms with Crippen molar-refractivity contribution in [3.05, 3.63) is 23.2 Å². The van der Waals surface area contributed by atoms with Gasteiger partial charge in [-0.15, -0.1) is 0 Å². The lowest BCUT2D eigenvalue weighted by molar-refractivity contribution is -0.115. The van der Waals surface area contributed by atoms with Gasteiger partial charge in [-0.05, 0) is 12.1 Å². The van der Waals surface area contributed by atoms with Crippen LogP contribution in [0.4, 0.5) is 11.4 Å². The molecule has 74 valence electrons. The van der Waals surface area contributed by atoms with Gasteiger partial charge in [-0.3, -0.25) is 4.79 Å². The first kappa shape index (κ1) is 9.34. The van der Waals surface area contributed by atoms with Crippen LogP contribution in [0.1, 0.15) is 6.42 Å². The standard InChI is InChI=1S/C10H11ClN2O/c1-13-6-5-9(14)12-10-7(11)3-2-4-8(10)13/h2-4H,5-6H2,1H3,(H,12,14). The maximum atomic E-state index is 11.3. The first-order valence-electron chi connectivity index (χ1n) is 4.48. The highest BCUT2D eigenvalue weighted by atomic mass is 35.5. The third kappa shape index (κ3) is 1.55. The van der Waals surface area contributed by atoms with Crippen molar-refractivity contribution < 1.29 is 4.79 Å². The van der Waals surface area contributed by atoms with Gasteiger partial charge in [0.15, 0.2) is 0 Å². The third-order valence-corrected chi connectivity index (χ3v) is 2.66. The molecule has 14 heavy (non-hydrogen) atoms. The summed E-state index contributed by atoms with van der Waals surface area (Å²) >= 11 is 6.00. The van der Waals surface area contributed by atoms with Gasteiger partial charge in [0.05, 0.1) is 16.4 Å². The second-order valence-electron chi connectivity index (χ2n) is 3.35. The Morgan fingerprint density at radius 1 is 1.50 bits per heavy atom. The lowest BCUT2D eigenvalue weighted by atomic mass is 10.2. The Kier molecular flexibility index (Phi) is 2.33. The van der Waals surface area contributed by atoms with Crippen molar-refractivity contribution in [2.24, 2.45) is 0 Å². The Hall–Kier alpha value is -1.22. The topological polar surface area (TPSA) is 32.3 Å². The minimum atomic E-state index is 0.0173. The van der Waals surface area contributed by atoms with Crippen molar-refractivity contribution in [1.29, 1.82) is 0 Å². The number of rotatable bonds is 0. The second kappa shape index (κ2) is 3.50. The summed E-state index contributed by atoms with van der Waals surface area (Å²) in [7, 11) is 1.95. The molecule has 1 heterocycles. The zero-order valence-corrected chi connectivity index (χ0v) is 8.64. The number of nitrogens with one attached hydrogen (secondary N) is 1. The number of carbonyl (C=O) groups excluding carboxylic acids is 1. The molecule has 0 unspecified atom stereocenters. The zero-order valence-electron chi connectivity index (χ0n) is 7.88. The van der Waals surface area contributed by atoms with Crippen LogP contribution in [0.25, 0.3) is 0 Å². The fourth-order valence-corrected chi connectivity index (χ4v) is 1.76. The average molecular weight is 211 g/mol. The Balaban J connectivity index is 2.52. The fraction of sp³-hybridized carbons (Fsp3) is 0.300. The molecule has 3 nitrogen and oxygen atoms in total. The van der Waals surface area contributed by atoms with Crippen LogP contribution in [-0.4, -0.2) is 19.5 Å². The van der Waals surface area contributed by atoms with Crippen molar-refractivity contribution in [1.82, 2.24) is 0 Å². The van der Waals surface area contributed by atoms with Gasteiger partial charge in [0.2, 0.25) is 5.91 Å². The summed E-state index contributed by atoms with van der Waals surface area (Å²) in [6.07, 6.45) is 0.501. The van der Waals surface area contributed by atoms with E-state index in [9.17, 15) is 4.79 Å². The van der Waals surface area contributed by atoms with E-state index in [2.05, 4.69) is 5.32 Å². The summed E-state index contributed by atoms with van der Waals surface area (Å²) in [6.45, 7) is 0.721. The highest BCUT2D eigenvalue weighted by molar-refractivity contribution is 6.34. The molecular formula is C10H11ClN2O. The summed E-state index contributed by atoms with van der Waals surface area (Å²) in [5.74, 6) is 0.0173. The number of nitrogens with zero attached hydrogens (tertiary/aromatic N) is 1. The number of fused-ring (bicyclic) bond motifs is 1. The molecule has 0 saturated carbocycles. The molecular weight excluding hydrogens is 200 g/mol. The van der Waals surface area contributed by atoms with Crippen molar-refractivity contribution in [3.8, 4) is 0 Å². The molecule has 2 rings (SSSR count). The van der Waals surface area contributed by atoms with Gasteiger partial charge < -0.3 is 10.2 Å². The molecule has 1 amide bonds. The fourth-order valence-electron chi connectivity index (χ4n) is 1.55. The van der Waals surface area contributed by atoms with Gasteiger partial charge in [0.1, 0.15) is 0 Å². The third-order valence-electron chi connectivity index (χ3n) is 2.34. The molecule has 0 radical (unpaired) electrons. The molecule has 0 spiro atoms. The normalized spacial score (nSPS) is 15.9. The maximum Gasteiger partial charge on any atom is 0.226 e. The first-order valence-corrected chi connectivity index (χ1v) is 4.86. The van der Waals surface area contributed by atoms with Crippen LogP contribution >= 0.6 is 11.6 Å². The van der Waals surface area contributed by atoms with E-state index < -0.39 is 0 Å². The average Bonchev–Trinajstić information content (AvgIpc) is 2.30. The molecule has 1 aromatic carbocycles. The highest BCUT2D eigenvalue weighted by Crippen LogP contribution is 2.33. The van der Waals surface area contributed by atoms with Crippen LogP contribution in [0.5, 0.6) is 0 Å². The van der Waals surface area contributed by atoms with Gasteiger partial charge in [-0.1, -0.05) is 17.7 Å². The molecule has 1 aromatic rings. The minimum absolute atomic E-state index is 0.0173. The summed E-state index contributed by atoms with van der Waals surface area (Å²) in [5, 5.41) is 3.40. The van der Waals surface area contributed by atoms with Crippen molar-refractivity contribution >= 4 is 28.9 Å². The molecule has 4 heteroatoms. The monoisotopic (exact) mass is 210 g/mol. The van der Waals surface area contributed by atoms with E-state index in [0.717, 1.165) is 17.9 Å². The van der Waals surface area contributed by atoms with Crippen LogP contribution in [-0.2, 0) is 4.79 Å². The predicted octanol–water partition coefficient (Wildman–Crippen LogP) is 2.12. The van der Waals surface area contributed by atoms with Crippen molar-refractivity contribution in [2.75, 3.05) is 23.8 Å². The summed E-state index contributed by atoms with van der Waals surface area (Å²) in [6, 6.07) is 5.61. The van der Waals surface area contributed by atoms with Crippen LogP contribution < -0.4 is 10.2 Å². The smallest absolute Gasteiger partial charge is 0.226 e. The highest BCUT2D eigenvalue weighted by Gasteiger charge is 2.17. The number of halogens is 1.